The summed E-state index contributed by atoms with van der Waals surface area (Å²) in [5.74, 6) is 0.649. The van der Waals surface area contributed by atoms with Gasteiger partial charge in [0.1, 0.15) is 11.4 Å². The van der Waals surface area contributed by atoms with Crippen molar-refractivity contribution in [2.24, 2.45) is 0 Å². The van der Waals surface area contributed by atoms with Crippen LogP contribution in [-0.4, -0.2) is 71.9 Å². The Labute approximate surface area is 170 Å². The molecule has 1 amide bonds. The van der Waals surface area contributed by atoms with Crippen LogP contribution >= 0.6 is 0 Å². The van der Waals surface area contributed by atoms with Crippen LogP contribution in [0.4, 0.5) is 0 Å². The second-order valence-electron chi connectivity index (χ2n) is 8.53. The van der Waals surface area contributed by atoms with Gasteiger partial charge in [0.05, 0.1) is 17.9 Å². The Bertz CT molecular complexity index is 867. The molecule has 1 saturated carbocycles. The molecule has 0 aromatic carbocycles. The van der Waals surface area contributed by atoms with Crippen molar-refractivity contribution in [3.05, 3.63) is 18.2 Å². The van der Waals surface area contributed by atoms with Gasteiger partial charge in [0.25, 0.3) is 5.91 Å². The van der Waals surface area contributed by atoms with Crippen LogP contribution < -0.4 is 5.32 Å². The van der Waals surface area contributed by atoms with E-state index in [-0.39, 0.29) is 17.3 Å². The molecule has 2 atom stereocenters. The monoisotopic (exact) mass is 424 g/mol. The normalized spacial score (nSPS) is 29.7. The van der Waals surface area contributed by atoms with Crippen LogP contribution in [-0.2, 0) is 36.4 Å². The fraction of sp³-hybridized carbons (Fsp3) is 0.789. The van der Waals surface area contributed by atoms with Crippen LogP contribution in [0.1, 0.15) is 44.3 Å². The zero-order valence-corrected chi connectivity index (χ0v) is 17.3. The number of ether oxygens (including phenoxy) is 2. The van der Waals surface area contributed by atoms with Gasteiger partial charge in [-0.05, 0) is 38.5 Å². The number of nitrogens with zero attached hydrogens (tertiary/aromatic N) is 3. The fourth-order valence-corrected chi connectivity index (χ4v) is 6.53. The Morgan fingerprint density at radius 3 is 2.76 bits per heavy atom. The Hall–Kier alpha value is -1.49. The quantitative estimate of drug-likeness (QED) is 0.732. The molecular weight excluding hydrogens is 396 g/mol. The smallest absolute Gasteiger partial charge is 0.251 e. The highest BCUT2D eigenvalue weighted by atomic mass is 32.2. The summed E-state index contributed by atoms with van der Waals surface area (Å²) < 4.78 is 40.7. The minimum Gasteiger partial charge on any atom is -0.376 e. The molecule has 3 fully saturated rings. The van der Waals surface area contributed by atoms with E-state index >= 15 is 0 Å². The van der Waals surface area contributed by atoms with Crippen molar-refractivity contribution >= 4 is 15.9 Å². The number of sulfonamides is 1. The molecule has 160 valence electrons. The lowest BCUT2D eigenvalue weighted by molar-refractivity contribution is -0.171. The molecule has 2 saturated heterocycles. The van der Waals surface area contributed by atoms with Gasteiger partial charge >= 0.3 is 0 Å². The molecule has 1 N–H and O–H groups in total. The van der Waals surface area contributed by atoms with Gasteiger partial charge in [0, 0.05) is 38.6 Å². The third kappa shape index (κ3) is 3.60. The molecule has 4 heterocycles. The predicted octanol–water partition coefficient (Wildman–Crippen LogP) is 0.360. The second-order valence-corrected chi connectivity index (χ2v) is 10.7. The average molecular weight is 425 g/mol. The van der Waals surface area contributed by atoms with Crippen LogP contribution in [0.5, 0.6) is 0 Å². The van der Waals surface area contributed by atoms with Gasteiger partial charge in [-0.15, -0.1) is 0 Å². The number of fused-ring (bicyclic) bond motifs is 2. The summed E-state index contributed by atoms with van der Waals surface area (Å²) >= 11 is 0. The molecule has 0 radical (unpaired) electrons. The fourth-order valence-electron chi connectivity index (χ4n) is 4.69. The van der Waals surface area contributed by atoms with E-state index in [0.29, 0.717) is 39.0 Å². The molecule has 5 rings (SSSR count). The van der Waals surface area contributed by atoms with Crippen molar-refractivity contribution in [3.8, 4) is 0 Å². The van der Waals surface area contributed by atoms with Gasteiger partial charge < -0.3 is 19.4 Å². The number of carbonyl (C=O) groups is 1. The Kier molecular flexibility index (Phi) is 4.92. The van der Waals surface area contributed by atoms with E-state index in [0.717, 1.165) is 38.1 Å². The summed E-state index contributed by atoms with van der Waals surface area (Å²) in [6.45, 7) is 2.46. The number of amides is 1. The number of hydrogen-bond acceptors (Lipinski definition) is 6. The molecule has 0 unspecified atom stereocenters. The maximum Gasteiger partial charge on any atom is 0.251 e. The van der Waals surface area contributed by atoms with Gasteiger partial charge in [0.15, 0.2) is 6.10 Å². The molecule has 1 aromatic heterocycles. The summed E-state index contributed by atoms with van der Waals surface area (Å²) in [7, 11) is -3.20. The van der Waals surface area contributed by atoms with E-state index in [4.69, 9.17) is 9.47 Å². The molecule has 3 aliphatic heterocycles. The van der Waals surface area contributed by atoms with Crippen LogP contribution in [0.25, 0.3) is 0 Å². The molecule has 1 aliphatic carbocycles. The van der Waals surface area contributed by atoms with Crippen LogP contribution in [0, 0.1) is 0 Å². The number of aromatic nitrogens is 2. The Balaban J connectivity index is 1.29. The van der Waals surface area contributed by atoms with Gasteiger partial charge in [-0.2, -0.15) is 0 Å². The van der Waals surface area contributed by atoms with Crippen LogP contribution in [0.15, 0.2) is 12.4 Å². The number of piperidine rings is 1. The largest absolute Gasteiger partial charge is 0.376 e. The van der Waals surface area contributed by atoms with E-state index in [1.807, 2.05) is 10.8 Å². The average Bonchev–Trinajstić information content (AvgIpc) is 3.25. The van der Waals surface area contributed by atoms with E-state index in [1.54, 1.807) is 10.5 Å². The second kappa shape index (κ2) is 7.33. The van der Waals surface area contributed by atoms with E-state index in [1.165, 1.54) is 0 Å². The zero-order valence-electron chi connectivity index (χ0n) is 16.5. The lowest BCUT2D eigenvalue weighted by Gasteiger charge is -2.45. The van der Waals surface area contributed by atoms with Crippen molar-refractivity contribution < 1.29 is 22.7 Å². The molecule has 0 bridgehead atoms. The van der Waals surface area contributed by atoms with E-state index < -0.39 is 21.7 Å². The topological polar surface area (TPSA) is 103 Å². The number of nitrogens with one attached hydrogen (secondary N) is 1. The summed E-state index contributed by atoms with van der Waals surface area (Å²) in [5.41, 5.74) is -0.719. The summed E-state index contributed by atoms with van der Waals surface area (Å²) in [6.07, 6.45) is 7.58. The lowest BCUT2D eigenvalue weighted by Crippen LogP contribution is -2.55. The number of hydrogen-bond donors (Lipinski definition) is 1. The molecule has 1 aromatic rings. The molecule has 9 nitrogen and oxygen atoms in total. The zero-order chi connectivity index (χ0) is 20.1. The summed E-state index contributed by atoms with van der Waals surface area (Å²) in [5, 5.41) is 2.76. The Morgan fingerprint density at radius 2 is 2.07 bits per heavy atom. The van der Waals surface area contributed by atoms with Gasteiger partial charge in [0.2, 0.25) is 10.0 Å². The van der Waals surface area contributed by atoms with E-state index in [9.17, 15) is 13.2 Å². The summed E-state index contributed by atoms with van der Waals surface area (Å²) in [4.78, 5) is 17.3. The van der Waals surface area contributed by atoms with Crippen LogP contribution in [0.2, 0.25) is 0 Å². The SMILES string of the molecule is O=C(NC[C@@H]1CCCO1)[C@@H]1Cn2ccnc2C2(CCN(S(=O)(=O)C3CC3)CC2)O1. The van der Waals surface area contributed by atoms with Crippen LogP contribution in [0.3, 0.4) is 0 Å². The molecule has 29 heavy (non-hydrogen) atoms. The van der Waals surface area contributed by atoms with E-state index in [2.05, 4.69) is 10.3 Å². The first-order valence-corrected chi connectivity index (χ1v) is 12.1. The first-order valence-electron chi connectivity index (χ1n) is 10.6. The van der Waals surface area contributed by atoms with Gasteiger partial charge in [-0.25, -0.2) is 17.7 Å². The van der Waals surface area contributed by atoms with Crippen molar-refractivity contribution in [3.63, 3.8) is 0 Å². The van der Waals surface area contributed by atoms with Gasteiger partial charge in [-0.1, -0.05) is 0 Å². The third-order valence-electron chi connectivity index (χ3n) is 6.51. The maximum atomic E-state index is 12.8. The number of carbonyl (C=O) groups excluding carboxylic acids is 1. The minimum absolute atomic E-state index is 0.0798. The van der Waals surface area contributed by atoms with Crippen molar-refractivity contribution in [2.45, 2.75) is 68.1 Å². The van der Waals surface area contributed by atoms with Gasteiger partial charge in [-0.3, -0.25) is 4.79 Å². The van der Waals surface area contributed by atoms with Crippen molar-refractivity contribution in [2.75, 3.05) is 26.2 Å². The predicted molar refractivity (Wildman–Crippen MR) is 104 cm³/mol. The first kappa shape index (κ1) is 19.5. The molecule has 4 aliphatic rings. The number of imidazole rings is 1. The first-order chi connectivity index (χ1) is 14.0. The molecular formula is C19H28N4O5S. The lowest BCUT2D eigenvalue weighted by atomic mass is 9.89. The summed E-state index contributed by atoms with van der Waals surface area (Å²) in [6, 6.07) is 0. The highest BCUT2D eigenvalue weighted by Gasteiger charge is 2.50. The third-order valence-corrected chi connectivity index (χ3v) is 8.91. The minimum atomic E-state index is -3.20. The standard InChI is InChI=1S/C19H28N4O5S/c24-17(21-12-14-2-1-11-27-14)16-13-22-10-7-20-18(22)19(28-16)5-8-23(9-6-19)29(25,26)15-3-4-15/h7,10,14-16H,1-6,8-9,11-13H2,(H,21,24)/t14-,16-/m0/s1. The molecule has 1 spiro atoms. The Morgan fingerprint density at radius 1 is 1.28 bits per heavy atom. The highest BCUT2D eigenvalue weighted by molar-refractivity contribution is 7.90. The maximum absolute atomic E-state index is 12.8. The van der Waals surface area contributed by atoms with Crippen molar-refractivity contribution in [1.82, 2.24) is 19.2 Å². The molecule has 10 heteroatoms. The number of rotatable bonds is 5. The highest BCUT2D eigenvalue weighted by Crippen LogP contribution is 2.42. The van der Waals surface area contributed by atoms with Crippen molar-refractivity contribution in [1.29, 1.82) is 0 Å².